The van der Waals surface area contributed by atoms with Gasteiger partial charge >= 0.3 is 6.36 Å². The van der Waals surface area contributed by atoms with Crippen LogP contribution in [0.5, 0.6) is 5.75 Å². The fourth-order valence-corrected chi connectivity index (χ4v) is 3.15. The van der Waals surface area contributed by atoms with Gasteiger partial charge in [-0.3, -0.25) is 4.99 Å². The summed E-state index contributed by atoms with van der Waals surface area (Å²) in [4.78, 5) is 4.59. The van der Waals surface area contributed by atoms with E-state index >= 15 is 0 Å². The molecular weight excluding hydrogens is 387 g/mol. The van der Waals surface area contributed by atoms with Crippen molar-refractivity contribution in [2.45, 2.75) is 45.1 Å². The molecule has 2 atom stereocenters. The molecular formula is C20H30F3N3O3. The first-order valence-corrected chi connectivity index (χ1v) is 9.85. The molecule has 164 valence electrons. The molecule has 6 nitrogen and oxygen atoms in total. The predicted molar refractivity (Wildman–Crippen MR) is 105 cm³/mol. The molecule has 29 heavy (non-hydrogen) atoms. The zero-order valence-electron chi connectivity index (χ0n) is 16.9. The standard InChI is InChI=1S/C20H30F3N3O3/c1-3-24-18(26-14-19(2)9-4-10-28-19)25-12-16(13-27)11-15-5-7-17(8-6-15)29-20(21,22)23/h5-8,16,27H,3-4,9-14H2,1-2H3,(H2,24,25,26). The average molecular weight is 417 g/mol. The van der Waals surface area contributed by atoms with Gasteiger partial charge in [-0.2, -0.15) is 0 Å². The van der Waals surface area contributed by atoms with Crippen molar-refractivity contribution in [3.8, 4) is 5.75 Å². The van der Waals surface area contributed by atoms with E-state index in [2.05, 4.69) is 27.3 Å². The van der Waals surface area contributed by atoms with Crippen LogP contribution >= 0.6 is 0 Å². The minimum atomic E-state index is -4.71. The van der Waals surface area contributed by atoms with Crippen molar-refractivity contribution in [3.05, 3.63) is 29.8 Å². The number of aliphatic hydroxyl groups is 1. The van der Waals surface area contributed by atoms with Crippen LogP contribution in [-0.2, 0) is 11.2 Å². The molecule has 3 N–H and O–H groups in total. The van der Waals surface area contributed by atoms with Crippen molar-refractivity contribution < 1.29 is 27.8 Å². The van der Waals surface area contributed by atoms with Gasteiger partial charge in [0, 0.05) is 32.2 Å². The Bertz CT molecular complexity index is 645. The number of alkyl halides is 3. The normalized spacial score (nSPS) is 21.1. The quantitative estimate of drug-likeness (QED) is 0.426. The largest absolute Gasteiger partial charge is 0.573 e. The van der Waals surface area contributed by atoms with Crippen LogP contribution < -0.4 is 15.4 Å². The minimum absolute atomic E-state index is 0.0615. The molecule has 0 spiro atoms. The monoisotopic (exact) mass is 417 g/mol. The van der Waals surface area contributed by atoms with E-state index in [9.17, 15) is 18.3 Å². The van der Waals surface area contributed by atoms with Gasteiger partial charge in [-0.15, -0.1) is 13.2 Å². The zero-order chi connectivity index (χ0) is 21.3. The molecule has 1 aromatic carbocycles. The third-order valence-electron chi connectivity index (χ3n) is 4.71. The summed E-state index contributed by atoms with van der Waals surface area (Å²) in [5.41, 5.74) is 0.577. The van der Waals surface area contributed by atoms with Crippen molar-refractivity contribution in [1.82, 2.24) is 10.6 Å². The van der Waals surface area contributed by atoms with Crippen LogP contribution in [0.15, 0.2) is 29.3 Å². The minimum Gasteiger partial charge on any atom is -0.406 e. The highest BCUT2D eigenvalue weighted by Crippen LogP contribution is 2.25. The number of nitrogens with zero attached hydrogens (tertiary/aromatic N) is 1. The number of benzene rings is 1. The van der Waals surface area contributed by atoms with Crippen LogP contribution in [0.25, 0.3) is 0 Å². The Morgan fingerprint density at radius 3 is 2.59 bits per heavy atom. The molecule has 1 aliphatic heterocycles. The van der Waals surface area contributed by atoms with Gasteiger partial charge in [0.25, 0.3) is 0 Å². The summed E-state index contributed by atoms with van der Waals surface area (Å²) in [5, 5.41) is 16.1. The van der Waals surface area contributed by atoms with Gasteiger partial charge in [0.2, 0.25) is 0 Å². The Balaban J connectivity index is 1.88. The third kappa shape index (κ3) is 8.49. The van der Waals surface area contributed by atoms with Gasteiger partial charge in [-0.1, -0.05) is 12.1 Å². The van der Waals surface area contributed by atoms with Crippen LogP contribution in [0, 0.1) is 5.92 Å². The van der Waals surface area contributed by atoms with Crippen LogP contribution in [-0.4, -0.2) is 55.9 Å². The topological polar surface area (TPSA) is 75.1 Å². The first-order chi connectivity index (χ1) is 13.7. The Hall–Kier alpha value is -2.00. The molecule has 9 heteroatoms. The lowest BCUT2D eigenvalue weighted by molar-refractivity contribution is -0.274. The van der Waals surface area contributed by atoms with Gasteiger partial charge in [0.05, 0.1) is 12.1 Å². The summed E-state index contributed by atoms with van der Waals surface area (Å²) in [6.45, 7) is 6.44. The van der Waals surface area contributed by atoms with E-state index in [0.717, 1.165) is 25.0 Å². The second-order valence-corrected chi connectivity index (χ2v) is 7.42. The Morgan fingerprint density at radius 1 is 1.31 bits per heavy atom. The van der Waals surface area contributed by atoms with Crippen LogP contribution in [0.1, 0.15) is 32.3 Å². The SMILES string of the molecule is CCNC(=NCC1(C)CCCO1)NCC(CO)Cc1ccc(OC(F)(F)F)cc1. The van der Waals surface area contributed by atoms with Crippen LogP contribution in [0.4, 0.5) is 13.2 Å². The summed E-state index contributed by atoms with van der Waals surface area (Å²) in [6, 6.07) is 5.69. The van der Waals surface area contributed by atoms with Crippen molar-refractivity contribution in [3.63, 3.8) is 0 Å². The lowest BCUT2D eigenvalue weighted by atomic mass is 10.00. The maximum atomic E-state index is 12.2. The summed E-state index contributed by atoms with van der Waals surface area (Å²) >= 11 is 0. The highest BCUT2D eigenvalue weighted by Gasteiger charge is 2.31. The van der Waals surface area contributed by atoms with E-state index in [1.807, 2.05) is 6.92 Å². The van der Waals surface area contributed by atoms with E-state index in [0.29, 0.717) is 32.0 Å². The lowest BCUT2D eigenvalue weighted by Gasteiger charge is -2.22. The number of halogens is 3. The van der Waals surface area contributed by atoms with Crippen molar-refractivity contribution in [2.75, 3.05) is 32.8 Å². The van der Waals surface area contributed by atoms with Crippen molar-refractivity contribution in [1.29, 1.82) is 0 Å². The Morgan fingerprint density at radius 2 is 2.03 bits per heavy atom. The first kappa shape index (κ1) is 23.3. The number of aliphatic imine (C=N–C) groups is 1. The maximum absolute atomic E-state index is 12.2. The molecule has 1 fully saturated rings. The molecule has 0 amide bonds. The average Bonchev–Trinajstić information content (AvgIpc) is 3.10. The van der Waals surface area contributed by atoms with Crippen LogP contribution in [0.3, 0.4) is 0 Å². The highest BCUT2D eigenvalue weighted by atomic mass is 19.4. The molecule has 1 aliphatic rings. The number of guanidine groups is 1. The van der Waals surface area contributed by atoms with Gasteiger partial charge in [0.1, 0.15) is 5.75 Å². The molecule has 2 rings (SSSR count). The predicted octanol–water partition coefficient (Wildman–Crippen LogP) is 2.86. The van der Waals surface area contributed by atoms with Gasteiger partial charge < -0.3 is 25.2 Å². The fourth-order valence-electron chi connectivity index (χ4n) is 3.15. The highest BCUT2D eigenvalue weighted by molar-refractivity contribution is 5.79. The number of ether oxygens (including phenoxy) is 2. The van der Waals surface area contributed by atoms with E-state index in [4.69, 9.17) is 4.74 Å². The molecule has 0 aromatic heterocycles. The molecule has 0 saturated carbocycles. The summed E-state index contributed by atoms with van der Waals surface area (Å²) in [5.74, 6) is 0.271. The molecule has 0 radical (unpaired) electrons. The molecule has 0 bridgehead atoms. The molecule has 1 heterocycles. The summed E-state index contributed by atoms with van der Waals surface area (Å²) in [6.07, 6.45) is -2.18. The van der Waals surface area contributed by atoms with E-state index in [1.54, 1.807) is 12.1 Å². The van der Waals surface area contributed by atoms with Crippen LogP contribution in [0.2, 0.25) is 0 Å². The number of aliphatic hydroxyl groups excluding tert-OH is 1. The third-order valence-corrected chi connectivity index (χ3v) is 4.71. The van der Waals surface area contributed by atoms with E-state index in [1.165, 1.54) is 12.1 Å². The van der Waals surface area contributed by atoms with Crippen molar-refractivity contribution >= 4 is 5.96 Å². The first-order valence-electron chi connectivity index (χ1n) is 9.85. The fraction of sp³-hybridized carbons (Fsp3) is 0.650. The molecule has 1 saturated heterocycles. The molecule has 2 unspecified atom stereocenters. The number of hydrogen-bond acceptors (Lipinski definition) is 4. The molecule has 0 aliphatic carbocycles. The van der Waals surface area contributed by atoms with E-state index < -0.39 is 6.36 Å². The summed E-state index contributed by atoms with van der Waals surface area (Å²) in [7, 11) is 0. The second-order valence-electron chi connectivity index (χ2n) is 7.42. The molecule has 1 aromatic rings. The van der Waals surface area contributed by atoms with E-state index in [-0.39, 0.29) is 23.9 Å². The maximum Gasteiger partial charge on any atom is 0.573 e. The summed E-state index contributed by atoms with van der Waals surface area (Å²) < 4.78 is 46.4. The number of rotatable bonds is 9. The number of hydrogen-bond donors (Lipinski definition) is 3. The smallest absolute Gasteiger partial charge is 0.406 e. The lowest BCUT2D eigenvalue weighted by Crippen LogP contribution is -2.42. The van der Waals surface area contributed by atoms with Gasteiger partial charge in [0.15, 0.2) is 5.96 Å². The second kappa shape index (κ2) is 10.7. The Kier molecular flexibility index (Phi) is 8.58. The van der Waals surface area contributed by atoms with Gasteiger partial charge in [-0.05, 0) is 50.8 Å². The zero-order valence-corrected chi connectivity index (χ0v) is 16.9. The number of nitrogens with one attached hydrogen (secondary N) is 2. The Labute approximate surface area is 169 Å². The van der Waals surface area contributed by atoms with Crippen molar-refractivity contribution in [2.24, 2.45) is 10.9 Å². The van der Waals surface area contributed by atoms with Gasteiger partial charge in [-0.25, -0.2) is 0 Å².